The average molecular weight is 306 g/mol. The lowest BCUT2D eigenvalue weighted by Crippen LogP contribution is -2.26. The minimum atomic E-state index is -0.239. The Kier molecular flexibility index (Phi) is 3.98. The zero-order chi connectivity index (χ0) is 16.4. The van der Waals surface area contributed by atoms with Gasteiger partial charge in [0.15, 0.2) is 0 Å². The Morgan fingerprint density at radius 3 is 1.96 bits per heavy atom. The lowest BCUT2D eigenvalue weighted by Gasteiger charge is -2.18. The summed E-state index contributed by atoms with van der Waals surface area (Å²) in [6.45, 7) is 3.86. The van der Waals surface area contributed by atoms with E-state index in [2.05, 4.69) is 4.98 Å². The largest absolute Gasteiger partial charge is 0.493 e. The van der Waals surface area contributed by atoms with Gasteiger partial charge in [0, 0.05) is 11.6 Å². The number of aromatic hydroxyl groups is 1. The van der Waals surface area contributed by atoms with E-state index in [1.807, 2.05) is 62.4 Å². The van der Waals surface area contributed by atoms with Gasteiger partial charge >= 0.3 is 0 Å². The summed E-state index contributed by atoms with van der Waals surface area (Å²) in [4.78, 5) is 17.3. The van der Waals surface area contributed by atoms with Crippen LogP contribution in [0.25, 0.3) is 22.5 Å². The summed E-state index contributed by atoms with van der Waals surface area (Å²) >= 11 is 0. The van der Waals surface area contributed by atoms with Gasteiger partial charge in [-0.25, -0.2) is 0 Å². The predicted molar refractivity (Wildman–Crippen MR) is 91.4 cm³/mol. The van der Waals surface area contributed by atoms with Gasteiger partial charge in [0.05, 0.1) is 0 Å². The van der Waals surface area contributed by atoms with Crippen LogP contribution in [0.5, 0.6) is 5.88 Å². The van der Waals surface area contributed by atoms with Crippen LogP contribution in [0.15, 0.2) is 65.5 Å². The van der Waals surface area contributed by atoms with Crippen molar-refractivity contribution in [2.24, 2.45) is 0 Å². The first-order valence-corrected chi connectivity index (χ1v) is 7.56. The lowest BCUT2D eigenvalue weighted by atomic mass is 10.1. The molecule has 1 aromatic heterocycles. The smallest absolute Gasteiger partial charge is 0.265 e. The maximum atomic E-state index is 13.0. The molecule has 0 saturated carbocycles. The number of rotatable bonds is 3. The normalized spacial score (nSPS) is 10.9. The molecule has 23 heavy (non-hydrogen) atoms. The molecule has 0 saturated heterocycles. The van der Waals surface area contributed by atoms with E-state index >= 15 is 0 Å². The van der Waals surface area contributed by atoms with Crippen LogP contribution >= 0.6 is 0 Å². The van der Waals surface area contributed by atoms with E-state index in [4.69, 9.17) is 0 Å². The van der Waals surface area contributed by atoms with Crippen molar-refractivity contribution in [1.29, 1.82) is 0 Å². The lowest BCUT2D eigenvalue weighted by molar-refractivity contribution is 0.446. The molecule has 0 fully saturated rings. The molecule has 0 spiro atoms. The molecule has 3 aromatic rings. The fraction of sp³-hybridized carbons (Fsp3) is 0.158. The monoisotopic (exact) mass is 306 g/mol. The van der Waals surface area contributed by atoms with Gasteiger partial charge in [0.1, 0.15) is 11.4 Å². The van der Waals surface area contributed by atoms with Crippen molar-refractivity contribution in [1.82, 2.24) is 9.55 Å². The fourth-order valence-corrected chi connectivity index (χ4v) is 2.65. The molecule has 2 aromatic carbocycles. The van der Waals surface area contributed by atoms with Gasteiger partial charge in [-0.1, -0.05) is 60.7 Å². The second-order valence-corrected chi connectivity index (χ2v) is 5.63. The van der Waals surface area contributed by atoms with Crippen molar-refractivity contribution >= 4 is 0 Å². The maximum Gasteiger partial charge on any atom is 0.265 e. The van der Waals surface area contributed by atoms with Gasteiger partial charge in [-0.3, -0.25) is 9.36 Å². The molecule has 0 radical (unpaired) electrons. The average Bonchev–Trinajstić information content (AvgIpc) is 2.55. The van der Waals surface area contributed by atoms with Crippen molar-refractivity contribution in [3.05, 3.63) is 71.0 Å². The van der Waals surface area contributed by atoms with Crippen LogP contribution < -0.4 is 5.56 Å². The van der Waals surface area contributed by atoms with Crippen LogP contribution in [0.3, 0.4) is 0 Å². The molecule has 3 rings (SSSR count). The second kappa shape index (κ2) is 6.08. The highest BCUT2D eigenvalue weighted by Crippen LogP contribution is 2.28. The first kappa shape index (κ1) is 15.0. The van der Waals surface area contributed by atoms with E-state index in [9.17, 15) is 9.90 Å². The molecular formula is C19H18N2O2. The maximum absolute atomic E-state index is 13.0. The van der Waals surface area contributed by atoms with E-state index in [1.165, 1.54) is 0 Å². The Hall–Kier alpha value is -2.88. The molecule has 0 bridgehead atoms. The predicted octanol–water partition coefficient (Wildman–Crippen LogP) is 3.86. The Bertz CT molecular complexity index is 869. The quantitative estimate of drug-likeness (QED) is 0.799. The molecule has 0 unspecified atom stereocenters. The Morgan fingerprint density at radius 2 is 1.43 bits per heavy atom. The molecule has 4 nitrogen and oxygen atoms in total. The van der Waals surface area contributed by atoms with Crippen molar-refractivity contribution in [2.75, 3.05) is 0 Å². The summed E-state index contributed by atoms with van der Waals surface area (Å²) in [5.74, 6) is 0.236. The number of hydrogen-bond acceptors (Lipinski definition) is 3. The Labute approximate surface area is 134 Å². The van der Waals surface area contributed by atoms with Gasteiger partial charge in [0.25, 0.3) is 5.56 Å². The molecule has 0 aliphatic heterocycles. The molecule has 1 heterocycles. The van der Waals surface area contributed by atoms with E-state index < -0.39 is 0 Å². The minimum absolute atomic E-state index is 0.0757. The minimum Gasteiger partial charge on any atom is -0.493 e. The van der Waals surface area contributed by atoms with E-state index in [-0.39, 0.29) is 23.0 Å². The number of hydrogen-bond donors (Lipinski definition) is 1. The van der Waals surface area contributed by atoms with Crippen LogP contribution in [-0.2, 0) is 0 Å². The number of nitrogens with zero attached hydrogens (tertiary/aromatic N) is 2. The van der Waals surface area contributed by atoms with Gasteiger partial charge in [-0.2, -0.15) is 4.98 Å². The topological polar surface area (TPSA) is 55.1 Å². The summed E-state index contributed by atoms with van der Waals surface area (Å²) in [5, 5.41) is 10.4. The van der Waals surface area contributed by atoms with Crippen LogP contribution in [0.4, 0.5) is 0 Å². The number of aromatic nitrogens is 2. The van der Waals surface area contributed by atoms with E-state index in [0.29, 0.717) is 11.4 Å². The van der Waals surface area contributed by atoms with Crippen molar-refractivity contribution in [3.8, 4) is 28.4 Å². The molecular weight excluding hydrogens is 288 g/mol. The first-order valence-electron chi connectivity index (χ1n) is 7.56. The Balaban J connectivity index is 2.32. The molecule has 1 N–H and O–H groups in total. The molecule has 116 valence electrons. The van der Waals surface area contributed by atoms with Gasteiger partial charge in [-0.05, 0) is 19.4 Å². The van der Waals surface area contributed by atoms with Crippen LogP contribution in [-0.4, -0.2) is 14.7 Å². The highest BCUT2D eigenvalue weighted by molar-refractivity contribution is 5.69. The molecule has 0 amide bonds. The highest BCUT2D eigenvalue weighted by atomic mass is 16.3. The summed E-state index contributed by atoms with van der Waals surface area (Å²) in [6.07, 6.45) is 0. The first-order chi connectivity index (χ1) is 11.1. The SMILES string of the molecule is CC(C)n1c(-c2ccccc2)nc(O)c(-c2ccccc2)c1=O. The number of benzene rings is 2. The molecule has 0 aliphatic rings. The van der Waals surface area contributed by atoms with Gasteiger partial charge in [0.2, 0.25) is 5.88 Å². The van der Waals surface area contributed by atoms with Crippen LogP contribution in [0.2, 0.25) is 0 Å². The van der Waals surface area contributed by atoms with Crippen molar-refractivity contribution in [3.63, 3.8) is 0 Å². The zero-order valence-electron chi connectivity index (χ0n) is 13.1. The van der Waals surface area contributed by atoms with E-state index in [1.54, 1.807) is 16.7 Å². The van der Waals surface area contributed by atoms with Crippen molar-refractivity contribution in [2.45, 2.75) is 19.9 Å². The van der Waals surface area contributed by atoms with E-state index in [0.717, 1.165) is 5.56 Å². The molecule has 0 aliphatic carbocycles. The third-order valence-corrected chi connectivity index (χ3v) is 3.71. The summed E-state index contributed by atoms with van der Waals surface area (Å²) in [5.41, 5.74) is 1.46. The Morgan fingerprint density at radius 1 is 0.913 bits per heavy atom. The van der Waals surface area contributed by atoms with Gasteiger partial charge < -0.3 is 5.11 Å². The molecule has 0 atom stereocenters. The fourth-order valence-electron chi connectivity index (χ4n) is 2.65. The molecule has 4 heteroatoms. The third-order valence-electron chi connectivity index (χ3n) is 3.71. The summed E-state index contributed by atoms with van der Waals surface area (Å²) < 4.78 is 1.62. The van der Waals surface area contributed by atoms with Crippen molar-refractivity contribution < 1.29 is 5.11 Å². The zero-order valence-corrected chi connectivity index (χ0v) is 13.1. The van der Waals surface area contributed by atoms with Crippen LogP contribution in [0, 0.1) is 0 Å². The summed E-state index contributed by atoms with van der Waals surface area (Å²) in [6, 6.07) is 18.5. The second-order valence-electron chi connectivity index (χ2n) is 5.63. The van der Waals surface area contributed by atoms with Crippen LogP contribution in [0.1, 0.15) is 19.9 Å². The highest BCUT2D eigenvalue weighted by Gasteiger charge is 2.20. The van der Waals surface area contributed by atoms with Gasteiger partial charge in [-0.15, -0.1) is 0 Å². The third kappa shape index (κ3) is 2.75. The summed E-state index contributed by atoms with van der Waals surface area (Å²) in [7, 11) is 0. The standard InChI is InChI=1S/C19H18N2O2/c1-13(2)21-17(15-11-7-4-8-12-15)20-18(22)16(19(21)23)14-9-5-3-6-10-14/h3-13,22H,1-2H3.